The van der Waals surface area contributed by atoms with Gasteiger partial charge >= 0.3 is 0 Å². The minimum Gasteiger partial charge on any atom is -0.301 e. The molecule has 0 aliphatic rings. The van der Waals surface area contributed by atoms with Crippen LogP contribution >= 0.6 is 0 Å². The van der Waals surface area contributed by atoms with Crippen molar-refractivity contribution < 1.29 is 0 Å². The number of hydrazine groups is 1. The Morgan fingerprint density at radius 1 is 1.70 bits per heavy atom. The van der Waals surface area contributed by atoms with Crippen LogP contribution in [0, 0.1) is 5.92 Å². The summed E-state index contributed by atoms with van der Waals surface area (Å²) in [5.74, 6) is 6.66. The Labute approximate surface area is 62.2 Å². The van der Waals surface area contributed by atoms with E-state index in [0.717, 1.165) is 5.84 Å². The van der Waals surface area contributed by atoms with E-state index in [2.05, 4.69) is 11.6 Å². The molecule has 0 atom stereocenters. The van der Waals surface area contributed by atoms with Gasteiger partial charge in [0.2, 0.25) is 0 Å². The summed E-state index contributed by atoms with van der Waals surface area (Å²) in [5.41, 5.74) is 0. The first-order valence-electron chi connectivity index (χ1n) is 3.26. The highest BCUT2D eigenvalue weighted by atomic mass is 15.4. The zero-order chi connectivity index (χ0) is 8.15. The van der Waals surface area contributed by atoms with Gasteiger partial charge in [-0.1, -0.05) is 20.4 Å². The van der Waals surface area contributed by atoms with Crippen molar-refractivity contribution in [1.82, 2.24) is 5.01 Å². The third kappa shape index (κ3) is 2.64. The first kappa shape index (κ1) is 9.17. The number of amidine groups is 1. The SMILES string of the molecule is C=C/N=C(/C(C)C)N(C)N. The molecule has 0 rings (SSSR count). The van der Waals surface area contributed by atoms with Gasteiger partial charge in [0.1, 0.15) is 5.84 Å². The molecule has 3 heteroatoms. The van der Waals surface area contributed by atoms with E-state index in [4.69, 9.17) is 5.84 Å². The van der Waals surface area contributed by atoms with E-state index < -0.39 is 0 Å². The van der Waals surface area contributed by atoms with Crippen LogP contribution < -0.4 is 5.84 Å². The lowest BCUT2D eigenvalue weighted by Gasteiger charge is -2.17. The Kier molecular flexibility index (Phi) is 3.72. The van der Waals surface area contributed by atoms with E-state index >= 15 is 0 Å². The Morgan fingerprint density at radius 3 is 2.30 bits per heavy atom. The fourth-order valence-electron chi connectivity index (χ4n) is 0.741. The van der Waals surface area contributed by atoms with Gasteiger partial charge in [0.05, 0.1) is 0 Å². The summed E-state index contributed by atoms with van der Waals surface area (Å²) in [7, 11) is 1.77. The van der Waals surface area contributed by atoms with E-state index in [1.165, 1.54) is 11.2 Å². The smallest absolute Gasteiger partial charge is 0.120 e. The number of hydrogen-bond acceptors (Lipinski definition) is 2. The predicted molar refractivity (Wildman–Crippen MR) is 44.4 cm³/mol. The zero-order valence-electron chi connectivity index (χ0n) is 6.83. The van der Waals surface area contributed by atoms with Crippen LogP contribution in [0.1, 0.15) is 13.8 Å². The summed E-state index contributed by atoms with van der Waals surface area (Å²) in [6, 6.07) is 0. The molecule has 10 heavy (non-hydrogen) atoms. The largest absolute Gasteiger partial charge is 0.301 e. The van der Waals surface area contributed by atoms with Gasteiger partial charge in [-0.2, -0.15) is 0 Å². The molecule has 0 aliphatic carbocycles. The summed E-state index contributed by atoms with van der Waals surface area (Å²) >= 11 is 0. The highest BCUT2D eigenvalue weighted by molar-refractivity contribution is 5.83. The average Bonchev–Trinajstić information content (AvgIpc) is 1.81. The normalized spacial score (nSPS) is 11.9. The van der Waals surface area contributed by atoms with Gasteiger partial charge in [-0.3, -0.25) is 0 Å². The van der Waals surface area contributed by atoms with Crippen LogP contribution in [0.2, 0.25) is 0 Å². The first-order chi connectivity index (χ1) is 4.59. The number of hydrogen-bond donors (Lipinski definition) is 1. The molecule has 0 heterocycles. The third-order valence-corrected chi connectivity index (χ3v) is 1.10. The fourth-order valence-corrected chi connectivity index (χ4v) is 0.741. The van der Waals surface area contributed by atoms with Crippen molar-refractivity contribution in [2.45, 2.75) is 13.8 Å². The predicted octanol–water partition coefficient (Wildman–Crippen LogP) is 0.990. The van der Waals surface area contributed by atoms with Gasteiger partial charge in [0.15, 0.2) is 0 Å². The molecule has 0 aromatic carbocycles. The summed E-state index contributed by atoms with van der Waals surface area (Å²) in [6.07, 6.45) is 1.50. The van der Waals surface area contributed by atoms with Crippen LogP contribution in [0.4, 0.5) is 0 Å². The third-order valence-electron chi connectivity index (χ3n) is 1.10. The van der Waals surface area contributed by atoms with Crippen LogP contribution in [0.15, 0.2) is 17.8 Å². The lowest BCUT2D eigenvalue weighted by atomic mass is 10.2. The lowest BCUT2D eigenvalue weighted by Crippen LogP contribution is -2.36. The lowest BCUT2D eigenvalue weighted by molar-refractivity contribution is 0.505. The van der Waals surface area contributed by atoms with E-state index in [9.17, 15) is 0 Å². The van der Waals surface area contributed by atoms with Gasteiger partial charge in [0.25, 0.3) is 0 Å². The van der Waals surface area contributed by atoms with Gasteiger partial charge in [0, 0.05) is 19.2 Å². The van der Waals surface area contributed by atoms with Crippen LogP contribution in [0.5, 0.6) is 0 Å². The molecule has 58 valence electrons. The molecule has 0 saturated carbocycles. The average molecular weight is 141 g/mol. The molecule has 0 aliphatic heterocycles. The van der Waals surface area contributed by atoms with Crippen LogP contribution in [0.3, 0.4) is 0 Å². The first-order valence-corrected chi connectivity index (χ1v) is 3.26. The van der Waals surface area contributed by atoms with Crippen molar-refractivity contribution in [3.05, 3.63) is 12.8 Å². The van der Waals surface area contributed by atoms with Crippen molar-refractivity contribution in [3.8, 4) is 0 Å². The van der Waals surface area contributed by atoms with Crippen LogP contribution in [-0.4, -0.2) is 17.9 Å². The highest BCUT2D eigenvalue weighted by Crippen LogP contribution is 1.98. The van der Waals surface area contributed by atoms with Crippen molar-refractivity contribution in [2.24, 2.45) is 16.8 Å². The number of rotatable bonds is 2. The van der Waals surface area contributed by atoms with Gasteiger partial charge < -0.3 is 5.01 Å². The Hall–Kier alpha value is -0.830. The molecule has 0 bridgehead atoms. The van der Waals surface area contributed by atoms with Crippen molar-refractivity contribution in [2.75, 3.05) is 7.05 Å². The van der Waals surface area contributed by atoms with Gasteiger partial charge in [-0.15, -0.1) is 0 Å². The number of nitrogens with two attached hydrogens (primary N) is 1. The van der Waals surface area contributed by atoms with E-state index in [1.807, 2.05) is 13.8 Å². The minimum absolute atomic E-state index is 0.341. The molecule has 0 aromatic rings. The highest BCUT2D eigenvalue weighted by Gasteiger charge is 2.05. The molecule has 0 saturated heterocycles. The summed E-state index contributed by atoms with van der Waals surface area (Å²) in [6.45, 7) is 7.56. The zero-order valence-corrected chi connectivity index (χ0v) is 6.83. The van der Waals surface area contributed by atoms with Crippen LogP contribution in [-0.2, 0) is 0 Å². The molecule has 0 spiro atoms. The fraction of sp³-hybridized carbons (Fsp3) is 0.571. The molecule has 0 unspecified atom stereocenters. The van der Waals surface area contributed by atoms with Gasteiger partial charge in [-0.05, 0) is 0 Å². The maximum Gasteiger partial charge on any atom is 0.120 e. The molecule has 0 amide bonds. The number of aliphatic imine (C=N–C) groups is 1. The molecule has 0 radical (unpaired) electrons. The van der Waals surface area contributed by atoms with E-state index in [0.29, 0.717) is 5.92 Å². The molecule has 0 fully saturated rings. The Morgan fingerprint density at radius 2 is 2.20 bits per heavy atom. The molecule has 3 nitrogen and oxygen atoms in total. The number of nitrogens with zero attached hydrogens (tertiary/aromatic N) is 2. The Balaban J connectivity index is 4.26. The van der Waals surface area contributed by atoms with Crippen molar-refractivity contribution >= 4 is 5.84 Å². The molecular formula is C7H15N3. The maximum absolute atomic E-state index is 5.48. The summed E-state index contributed by atoms with van der Waals surface area (Å²) in [5, 5.41) is 1.51. The van der Waals surface area contributed by atoms with Gasteiger partial charge in [-0.25, -0.2) is 10.8 Å². The second-order valence-electron chi connectivity index (χ2n) is 2.44. The Bertz CT molecular complexity index is 126. The minimum atomic E-state index is 0.341. The second-order valence-corrected chi connectivity index (χ2v) is 2.44. The quantitative estimate of drug-likeness (QED) is 0.270. The van der Waals surface area contributed by atoms with Crippen LogP contribution in [0.25, 0.3) is 0 Å². The molecular weight excluding hydrogens is 126 g/mol. The maximum atomic E-state index is 5.48. The van der Waals surface area contributed by atoms with Crippen molar-refractivity contribution in [3.63, 3.8) is 0 Å². The second kappa shape index (κ2) is 4.06. The monoisotopic (exact) mass is 141 g/mol. The summed E-state index contributed by atoms with van der Waals surface area (Å²) < 4.78 is 0. The van der Waals surface area contributed by atoms with E-state index in [1.54, 1.807) is 7.05 Å². The van der Waals surface area contributed by atoms with Crippen molar-refractivity contribution in [1.29, 1.82) is 0 Å². The summed E-state index contributed by atoms with van der Waals surface area (Å²) in [4.78, 5) is 4.00. The van der Waals surface area contributed by atoms with E-state index in [-0.39, 0.29) is 0 Å². The molecule has 2 N–H and O–H groups in total. The topological polar surface area (TPSA) is 41.6 Å². The standard InChI is InChI=1S/C7H15N3/c1-5-9-7(6(2)3)10(4)8/h5-6H,1,8H2,2-4H3/b9-7-. The molecule has 0 aromatic heterocycles.